The highest BCUT2D eigenvalue weighted by Crippen LogP contribution is 2.31. The van der Waals surface area contributed by atoms with Crippen LogP contribution >= 0.6 is 15.9 Å². The second-order valence-corrected chi connectivity index (χ2v) is 7.87. The Labute approximate surface area is 138 Å². The smallest absolute Gasteiger partial charge is 0.0731 e. The summed E-state index contributed by atoms with van der Waals surface area (Å²) in [5, 5.41) is 0. The van der Waals surface area contributed by atoms with Crippen LogP contribution in [-0.2, 0) is 28.1 Å². The number of hydrogen-bond donors (Lipinski definition) is 0. The third-order valence-corrected chi connectivity index (χ3v) is 4.25. The van der Waals surface area contributed by atoms with E-state index in [1.165, 1.54) is 16.7 Å². The van der Waals surface area contributed by atoms with Crippen molar-refractivity contribution < 1.29 is 9.47 Å². The Balaban J connectivity index is 3.13. The van der Waals surface area contributed by atoms with E-state index in [1.807, 2.05) is 0 Å². The van der Waals surface area contributed by atoms with Crippen molar-refractivity contribution in [3.8, 4) is 0 Å². The van der Waals surface area contributed by atoms with Crippen molar-refractivity contribution in [3.63, 3.8) is 0 Å². The van der Waals surface area contributed by atoms with Gasteiger partial charge in [-0.15, -0.1) is 0 Å². The molecule has 0 saturated carbocycles. The van der Waals surface area contributed by atoms with Gasteiger partial charge in [-0.1, -0.05) is 48.8 Å². The van der Waals surface area contributed by atoms with Gasteiger partial charge in [-0.3, -0.25) is 0 Å². The standard InChI is InChI=1S/C18H29BrO2/c1-12(2)20-10-14-8-16(18(5,6)7)9-15(17(14)19)11-21-13(3)4/h8-9,12-13H,10-11H2,1-7H3. The maximum absolute atomic E-state index is 5.79. The molecule has 1 aromatic carbocycles. The normalized spacial score (nSPS) is 12.5. The monoisotopic (exact) mass is 356 g/mol. The first-order valence-electron chi connectivity index (χ1n) is 7.66. The van der Waals surface area contributed by atoms with Gasteiger partial charge in [0.15, 0.2) is 0 Å². The molecule has 0 unspecified atom stereocenters. The average molecular weight is 357 g/mol. The van der Waals surface area contributed by atoms with E-state index in [-0.39, 0.29) is 17.6 Å². The number of ether oxygens (including phenoxy) is 2. The van der Waals surface area contributed by atoms with Gasteiger partial charge in [0, 0.05) is 4.47 Å². The van der Waals surface area contributed by atoms with Gasteiger partial charge in [-0.2, -0.15) is 0 Å². The highest BCUT2D eigenvalue weighted by molar-refractivity contribution is 9.10. The summed E-state index contributed by atoms with van der Waals surface area (Å²) in [6, 6.07) is 4.48. The van der Waals surface area contributed by atoms with Gasteiger partial charge < -0.3 is 9.47 Å². The van der Waals surface area contributed by atoms with Crippen LogP contribution in [-0.4, -0.2) is 12.2 Å². The molecule has 0 aliphatic carbocycles. The molecule has 0 atom stereocenters. The van der Waals surface area contributed by atoms with E-state index < -0.39 is 0 Å². The fourth-order valence-electron chi connectivity index (χ4n) is 1.91. The average Bonchev–Trinajstić information content (AvgIpc) is 2.34. The zero-order chi connectivity index (χ0) is 16.2. The molecule has 0 saturated heterocycles. The van der Waals surface area contributed by atoms with E-state index >= 15 is 0 Å². The molecule has 1 rings (SSSR count). The third-order valence-electron chi connectivity index (χ3n) is 3.23. The number of benzene rings is 1. The molecule has 2 nitrogen and oxygen atoms in total. The van der Waals surface area contributed by atoms with Crippen molar-refractivity contribution in [2.75, 3.05) is 0 Å². The fraction of sp³-hybridized carbons (Fsp3) is 0.667. The van der Waals surface area contributed by atoms with Crippen LogP contribution in [0.4, 0.5) is 0 Å². The summed E-state index contributed by atoms with van der Waals surface area (Å²) in [7, 11) is 0. The first-order chi connectivity index (χ1) is 9.61. The molecular formula is C18H29BrO2. The lowest BCUT2D eigenvalue weighted by Gasteiger charge is -2.23. The van der Waals surface area contributed by atoms with Gasteiger partial charge in [0.25, 0.3) is 0 Å². The summed E-state index contributed by atoms with van der Waals surface area (Å²) in [4.78, 5) is 0. The molecule has 0 aliphatic rings. The van der Waals surface area contributed by atoms with E-state index in [9.17, 15) is 0 Å². The zero-order valence-electron chi connectivity index (χ0n) is 14.4. The van der Waals surface area contributed by atoms with E-state index in [2.05, 4.69) is 76.5 Å². The molecule has 0 spiro atoms. The molecule has 0 fully saturated rings. The predicted molar refractivity (Wildman–Crippen MR) is 92.7 cm³/mol. The minimum absolute atomic E-state index is 0.111. The first-order valence-corrected chi connectivity index (χ1v) is 8.45. The Morgan fingerprint density at radius 2 is 1.29 bits per heavy atom. The van der Waals surface area contributed by atoms with Gasteiger partial charge in [0.2, 0.25) is 0 Å². The maximum atomic E-state index is 5.79. The second kappa shape index (κ2) is 7.75. The molecule has 0 amide bonds. The van der Waals surface area contributed by atoms with Crippen LogP contribution in [0.25, 0.3) is 0 Å². The zero-order valence-corrected chi connectivity index (χ0v) is 16.0. The van der Waals surface area contributed by atoms with Gasteiger partial charge >= 0.3 is 0 Å². The fourth-order valence-corrected chi connectivity index (χ4v) is 2.36. The Kier molecular flexibility index (Phi) is 6.89. The molecule has 120 valence electrons. The van der Waals surface area contributed by atoms with Crippen LogP contribution in [0.1, 0.15) is 65.2 Å². The summed E-state index contributed by atoms with van der Waals surface area (Å²) in [6.07, 6.45) is 0.455. The summed E-state index contributed by atoms with van der Waals surface area (Å²) in [6.45, 7) is 16.2. The van der Waals surface area contributed by atoms with Crippen molar-refractivity contribution >= 4 is 15.9 Å². The molecule has 0 radical (unpaired) electrons. The highest BCUT2D eigenvalue weighted by Gasteiger charge is 2.18. The lowest BCUT2D eigenvalue weighted by atomic mass is 9.85. The maximum Gasteiger partial charge on any atom is 0.0731 e. The Hall–Kier alpha value is -0.380. The van der Waals surface area contributed by atoms with Crippen LogP contribution in [0, 0.1) is 0 Å². The van der Waals surface area contributed by atoms with E-state index in [0.29, 0.717) is 13.2 Å². The Morgan fingerprint density at radius 3 is 1.57 bits per heavy atom. The van der Waals surface area contributed by atoms with Crippen molar-refractivity contribution in [2.24, 2.45) is 0 Å². The second-order valence-electron chi connectivity index (χ2n) is 7.08. The summed E-state index contributed by atoms with van der Waals surface area (Å²) in [5.41, 5.74) is 3.81. The topological polar surface area (TPSA) is 18.5 Å². The van der Waals surface area contributed by atoms with Crippen molar-refractivity contribution in [1.82, 2.24) is 0 Å². The van der Waals surface area contributed by atoms with Crippen molar-refractivity contribution in [1.29, 1.82) is 0 Å². The minimum Gasteiger partial charge on any atom is -0.374 e. The lowest BCUT2D eigenvalue weighted by molar-refractivity contribution is 0.0617. The van der Waals surface area contributed by atoms with Crippen LogP contribution < -0.4 is 0 Å². The van der Waals surface area contributed by atoms with E-state index in [4.69, 9.17) is 9.47 Å². The lowest BCUT2D eigenvalue weighted by Crippen LogP contribution is -2.14. The molecule has 0 aliphatic heterocycles. The number of halogens is 1. The van der Waals surface area contributed by atoms with Gasteiger partial charge in [-0.05, 0) is 49.8 Å². The van der Waals surface area contributed by atoms with Gasteiger partial charge in [0.1, 0.15) is 0 Å². The summed E-state index contributed by atoms with van der Waals surface area (Å²) >= 11 is 3.72. The van der Waals surface area contributed by atoms with Gasteiger partial charge in [-0.25, -0.2) is 0 Å². The Bertz CT molecular complexity index is 426. The third kappa shape index (κ3) is 6.09. The molecule has 0 heterocycles. The molecule has 21 heavy (non-hydrogen) atoms. The number of rotatable bonds is 6. The summed E-state index contributed by atoms with van der Waals surface area (Å²) in [5.74, 6) is 0. The van der Waals surface area contributed by atoms with Crippen LogP contribution in [0.5, 0.6) is 0 Å². The largest absolute Gasteiger partial charge is 0.374 e. The first kappa shape index (κ1) is 18.7. The molecule has 0 aromatic heterocycles. The quantitative estimate of drug-likeness (QED) is 0.660. The molecule has 3 heteroatoms. The van der Waals surface area contributed by atoms with Crippen molar-refractivity contribution in [2.45, 2.75) is 79.3 Å². The van der Waals surface area contributed by atoms with Gasteiger partial charge in [0.05, 0.1) is 25.4 Å². The predicted octanol–water partition coefficient (Wildman–Crippen LogP) is 5.60. The number of hydrogen-bond acceptors (Lipinski definition) is 2. The summed E-state index contributed by atoms with van der Waals surface area (Å²) < 4.78 is 12.7. The van der Waals surface area contributed by atoms with Crippen LogP contribution in [0.3, 0.4) is 0 Å². The molecule has 0 N–H and O–H groups in total. The molecule has 0 bridgehead atoms. The Morgan fingerprint density at radius 1 is 0.905 bits per heavy atom. The molecule has 1 aromatic rings. The van der Waals surface area contributed by atoms with Crippen molar-refractivity contribution in [3.05, 3.63) is 33.3 Å². The minimum atomic E-state index is 0.111. The van der Waals surface area contributed by atoms with E-state index in [0.717, 1.165) is 4.47 Å². The highest BCUT2D eigenvalue weighted by atomic mass is 79.9. The SMILES string of the molecule is CC(C)OCc1cc(C(C)(C)C)cc(COC(C)C)c1Br. The molecular weight excluding hydrogens is 328 g/mol. The van der Waals surface area contributed by atoms with Crippen LogP contribution in [0.2, 0.25) is 0 Å². The van der Waals surface area contributed by atoms with E-state index in [1.54, 1.807) is 0 Å². The van der Waals surface area contributed by atoms with Crippen LogP contribution in [0.15, 0.2) is 16.6 Å².